The molecule has 6 heteroatoms. The number of alkyl halides is 3. The standard InChI is InChI=1S/C9H12Cl3NO2/c1-3-4-6(7-5(2)15-7)13-8(14)9(10,11)12/h3,5-7H,1,4H2,2H3,(H,13,14)/t5-,6-,7+/m0/s1. The number of ether oxygens (including phenoxy) is 1. The predicted molar refractivity (Wildman–Crippen MR) is 61.4 cm³/mol. The molecule has 1 aliphatic rings. The lowest BCUT2D eigenvalue weighted by Crippen LogP contribution is -2.44. The fourth-order valence-electron chi connectivity index (χ4n) is 1.33. The number of nitrogens with one attached hydrogen (secondary N) is 1. The monoisotopic (exact) mass is 271 g/mol. The lowest BCUT2D eigenvalue weighted by molar-refractivity contribution is -0.121. The zero-order valence-electron chi connectivity index (χ0n) is 8.17. The Morgan fingerprint density at radius 1 is 1.67 bits per heavy atom. The number of carbonyl (C=O) groups is 1. The summed E-state index contributed by atoms with van der Waals surface area (Å²) in [5.74, 6) is -0.637. The average Bonchev–Trinajstić information content (AvgIpc) is 2.80. The molecule has 1 saturated heterocycles. The van der Waals surface area contributed by atoms with Crippen LogP contribution in [-0.2, 0) is 9.53 Å². The topological polar surface area (TPSA) is 41.6 Å². The van der Waals surface area contributed by atoms with E-state index >= 15 is 0 Å². The zero-order valence-corrected chi connectivity index (χ0v) is 10.4. The molecule has 0 bridgehead atoms. The minimum Gasteiger partial charge on any atom is -0.368 e. The van der Waals surface area contributed by atoms with Crippen molar-refractivity contribution in [2.24, 2.45) is 0 Å². The van der Waals surface area contributed by atoms with Crippen LogP contribution in [0.3, 0.4) is 0 Å². The van der Waals surface area contributed by atoms with Crippen LogP contribution in [0.1, 0.15) is 13.3 Å². The first-order chi connectivity index (χ1) is 6.86. The van der Waals surface area contributed by atoms with Gasteiger partial charge in [-0.15, -0.1) is 6.58 Å². The van der Waals surface area contributed by atoms with Gasteiger partial charge in [-0.1, -0.05) is 40.9 Å². The molecule has 15 heavy (non-hydrogen) atoms. The fraction of sp³-hybridized carbons (Fsp3) is 0.667. The highest BCUT2D eigenvalue weighted by atomic mass is 35.6. The maximum Gasteiger partial charge on any atom is 0.272 e. The minimum atomic E-state index is -1.93. The average molecular weight is 273 g/mol. The van der Waals surface area contributed by atoms with Gasteiger partial charge in [-0.3, -0.25) is 4.79 Å². The predicted octanol–water partition coefficient (Wildman–Crippen LogP) is 2.20. The minimum absolute atomic E-state index is 0.0145. The van der Waals surface area contributed by atoms with Gasteiger partial charge in [0.05, 0.1) is 12.1 Å². The summed E-state index contributed by atoms with van der Waals surface area (Å²) >= 11 is 16.3. The Kier molecular flexibility index (Phi) is 4.29. The van der Waals surface area contributed by atoms with E-state index in [1.165, 1.54) is 0 Å². The molecule has 1 amide bonds. The van der Waals surface area contributed by atoms with Gasteiger partial charge in [0.1, 0.15) is 6.10 Å². The molecule has 0 saturated carbocycles. The van der Waals surface area contributed by atoms with E-state index in [1.807, 2.05) is 6.92 Å². The normalized spacial score (nSPS) is 26.9. The molecule has 1 heterocycles. The van der Waals surface area contributed by atoms with E-state index < -0.39 is 9.70 Å². The number of carbonyl (C=O) groups excluding carboxylic acids is 1. The van der Waals surface area contributed by atoms with Crippen molar-refractivity contribution < 1.29 is 9.53 Å². The largest absolute Gasteiger partial charge is 0.368 e. The first-order valence-electron chi connectivity index (χ1n) is 4.50. The number of epoxide rings is 1. The third-order valence-electron chi connectivity index (χ3n) is 2.15. The van der Waals surface area contributed by atoms with Crippen LogP contribution in [0.15, 0.2) is 12.7 Å². The second kappa shape index (κ2) is 4.91. The van der Waals surface area contributed by atoms with Crippen LogP contribution in [0.5, 0.6) is 0 Å². The molecule has 0 unspecified atom stereocenters. The van der Waals surface area contributed by atoms with Crippen LogP contribution in [0.25, 0.3) is 0 Å². The Balaban J connectivity index is 2.51. The van der Waals surface area contributed by atoms with E-state index in [0.717, 1.165) is 0 Å². The number of amides is 1. The fourth-order valence-corrected chi connectivity index (χ4v) is 1.49. The SMILES string of the molecule is C=CC[C@H](NC(=O)C(Cl)(Cl)Cl)[C@@H]1O[C@H]1C. The lowest BCUT2D eigenvalue weighted by atomic mass is 10.1. The highest BCUT2D eigenvalue weighted by Crippen LogP contribution is 2.30. The van der Waals surface area contributed by atoms with Crippen LogP contribution in [-0.4, -0.2) is 27.9 Å². The van der Waals surface area contributed by atoms with Gasteiger partial charge in [0, 0.05) is 0 Å². The highest BCUT2D eigenvalue weighted by Gasteiger charge is 2.43. The Morgan fingerprint density at radius 2 is 2.20 bits per heavy atom. The zero-order chi connectivity index (χ0) is 11.6. The van der Waals surface area contributed by atoms with E-state index in [1.54, 1.807) is 6.08 Å². The van der Waals surface area contributed by atoms with E-state index in [0.29, 0.717) is 6.42 Å². The number of rotatable bonds is 4. The molecule has 0 aromatic rings. The molecular weight excluding hydrogens is 260 g/mol. The van der Waals surface area contributed by atoms with Gasteiger partial charge in [-0.05, 0) is 13.3 Å². The highest BCUT2D eigenvalue weighted by molar-refractivity contribution is 6.76. The number of hydrogen-bond donors (Lipinski definition) is 1. The summed E-state index contributed by atoms with van der Waals surface area (Å²) in [6.07, 6.45) is 2.39. The second-order valence-electron chi connectivity index (χ2n) is 3.41. The van der Waals surface area contributed by atoms with Crippen molar-refractivity contribution >= 4 is 40.7 Å². The molecule has 1 fully saturated rings. The van der Waals surface area contributed by atoms with Crippen molar-refractivity contribution in [3.05, 3.63) is 12.7 Å². The molecular formula is C9H12Cl3NO2. The van der Waals surface area contributed by atoms with Crippen molar-refractivity contribution in [2.45, 2.75) is 35.4 Å². The van der Waals surface area contributed by atoms with Crippen molar-refractivity contribution in [1.82, 2.24) is 5.32 Å². The number of halogens is 3. The van der Waals surface area contributed by atoms with Gasteiger partial charge < -0.3 is 10.1 Å². The molecule has 1 rings (SSSR count). The molecule has 86 valence electrons. The van der Waals surface area contributed by atoms with Crippen molar-refractivity contribution in [3.63, 3.8) is 0 Å². The molecule has 1 aliphatic heterocycles. The van der Waals surface area contributed by atoms with Gasteiger partial charge in [-0.25, -0.2) is 0 Å². The van der Waals surface area contributed by atoms with E-state index in [2.05, 4.69) is 11.9 Å². The summed E-state index contributed by atoms with van der Waals surface area (Å²) < 4.78 is 3.32. The summed E-state index contributed by atoms with van der Waals surface area (Å²) in [6.45, 7) is 5.52. The Labute approximate surface area is 104 Å². The molecule has 3 atom stereocenters. The van der Waals surface area contributed by atoms with Crippen LogP contribution in [0, 0.1) is 0 Å². The molecule has 0 aromatic carbocycles. The van der Waals surface area contributed by atoms with Gasteiger partial charge in [-0.2, -0.15) is 0 Å². The maximum atomic E-state index is 11.4. The molecule has 0 spiro atoms. The van der Waals surface area contributed by atoms with E-state index in [4.69, 9.17) is 39.5 Å². The first-order valence-corrected chi connectivity index (χ1v) is 5.63. The Bertz CT molecular complexity index is 265. The molecule has 3 nitrogen and oxygen atoms in total. The Hall–Kier alpha value is 0.0400. The third-order valence-corrected chi connectivity index (χ3v) is 2.66. The quantitative estimate of drug-likeness (QED) is 0.484. The summed E-state index contributed by atoms with van der Waals surface area (Å²) in [5, 5.41) is 2.62. The van der Waals surface area contributed by atoms with Crippen LogP contribution in [0.4, 0.5) is 0 Å². The number of hydrogen-bond acceptors (Lipinski definition) is 2. The summed E-state index contributed by atoms with van der Waals surface area (Å²) in [6, 6.07) is -0.180. The molecule has 0 aliphatic carbocycles. The molecule has 0 aromatic heterocycles. The Morgan fingerprint density at radius 3 is 2.53 bits per heavy atom. The smallest absolute Gasteiger partial charge is 0.272 e. The van der Waals surface area contributed by atoms with E-state index in [-0.39, 0.29) is 18.2 Å². The van der Waals surface area contributed by atoms with Crippen molar-refractivity contribution in [2.75, 3.05) is 0 Å². The van der Waals surface area contributed by atoms with Gasteiger partial charge >= 0.3 is 0 Å². The maximum absolute atomic E-state index is 11.4. The summed E-state index contributed by atoms with van der Waals surface area (Å²) in [5.41, 5.74) is 0. The second-order valence-corrected chi connectivity index (χ2v) is 5.69. The van der Waals surface area contributed by atoms with Gasteiger partial charge in [0.2, 0.25) is 0 Å². The molecule has 0 radical (unpaired) electrons. The van der Waals surface area contributed by atoms with Crippen LogP contribution < -0.4 is 5.32 Å². The third kappa shape index (κ3) is 3.83. The summed E-state index contributed by atoms with van der Waals surface area (Å²) in [7, 11) is 0. The van der Waals surface area contributed by atoms with Crippen molar-refractivity contribution in [1.29, 1.82) is 0 Å². The van der Waals surface area contributed by atoms with Gasteiger partial charge in [0.15, 0.2) is 0 Å². The molecule has 1 N–H and O–H groups in total. The van der Waals surface area contributed by atoms with Gasteiger partial charge in [0.25, 0.3) is 9.70 Å². The first kappa shape index (κ1) is 13.1. The summed E-state index contributed by atoms with van der Waals surface area (Å²) in [4.78, 5) is 11.4. The van der Waals surface area contributed by atoms with E-state index in [9.17, 15) is 4.79 Å². The lowest BCUT2D eigenvalue weighted by Gasteiger charge is -2.18. The van der Waals surface area contributed by atoms with Crippen molar-refractivity contribution in [3.8, 4) is 0 Å². The van der Waals surface area contributed by atoms with Crippen LogP contribution >= 0.6 is 34.8 Å². The van der Waals surface area contributed by atoms with Crippen LogP contribution in [0.2, 0.25) is 0 Å².